The molecule has 160 valence electrons. The van der Waals surface area contributed by atoms with Crippen molar-refractivity contribution in [1.82, 2.24) is 4.90 Å². The molecule has 6 nitrogen and oxygen atoms in total. The highest BCUT2D eigenvalue weighted by atomic mass is 32.1. The van der Waals surface area contributed by atoms with Crippen LogP contribution in [0.2, 0.25) is 0 Å². The summed E-state index contributed by atoms with van der Waals surface area (Å²) in [5, 5.41) is 2.89. The quantitative estimate of drug-likeness (QED) is 0.794. The summed E-state index contributed by atoms with van der Waals surface area (Å²) in [6, 6.07) is 9.84. The highest BCUT2D eigenvalue weighted by molar-refractivity contribution is 7.14. The molecule has 1 aromatic carbocycles. The molecule has 1 N–H and O–H groups in total. The lowest BCUT2D eigenvalue weighted by Crippen LogP contribution is -2.36. The van der Waals surface area contributed by atoms with E-state index in [0.29, 0.717) is 5.92 Å². The van der Waals surface area contributed by atoms with E-state index in [4.69, 9.17) is 4.74 Å². The number of anilines is 2. The number of carbonyl (C=O) groups excluding carboxylic acids is 2. The number of amides is 2. The third kappa shape index (κ3) is 4.84. The van der Waals surface area contributed by atoms with E-state index >= 15 is 0 Å². The van der Waals surface area contributed by atoms with Crippen LogP contribution in [0.3, 0.4) is 0 Å². The summed E-state index contributed by atoms with van der Waals surface area (Å²) in [5.74, 6) is 0.396. The topological polar surface area (TPSA) is 61.9 Å². The van der Waals surface area contributed by atoms with Crippen molar-refractivity contribution < 1.29 is 14.3 Å². The number of nitrogens with one attached hydrogen (secondary N) is 1. The first kappa shape index (κ1) is 20.9. The molecule has 0 bridgehead atoms. The fourth-order valence-electron chi connectivity index (χ4n) is 4.06. The Balaban J connectivity index is 1.31. The second kappa shape index (κ2) is 9.18. The number of benzene rings is 1. The minimum absolute atomic E-state index is 0.0308. The van der Waals surface area contributed by atoms with Crippen LogP contribution < -0.4 is 10.2 Å². The molecule has 0 unspecified atom stereocenters. The second-order valence-corrected chi connectivity index (χ2v) is 9.40. The number of likely N-dealkylation sites (N-methyl/N-ethyl adjacent to an activating group) is 1. The van der Waals surface area contributed by atoms with E-state index < -0.39 is 0 Å². The molecule has 0 saturated carbocycles. The van der Waals surface area contributed by atoms with Gasteiger partial charge in [-0.3, -0.25) is 9.59 Å². The summed E-state index contributed by atoms with van der Waals surface area (Å²) in [6.07, 6.45) is 3.28. The number of hydrogen-bond donors (Lipinski definition) is 1. The summed E-state index contributed by atoms with van der Waals surface area (Å²) in [7, 11) is 1.69. The Kier molecular flexibility index (Phi) is 6.39. The molecule has 2 aliphatic rings. The smallest absolute Gasteiger partial charge is 0.264 e. The molecular formula is C23H29N3O3S. The Bertz CT molecular complexity index is 903. The first-order chi connectivity index (χ1) is 14.5. The SMILES string of the molecule is C[C@H]1CCc2sc(C(=O)N(C)CC(=O)Nc3ccc(N4CCOCC4)cc3)cc2C1. The van der Waals surface area contributed by atoms with Crippen molar-refractivity contribution in [3.63, 3.8) is 0 Å². The molecule has 1 fully saturated rings. The van der Waals surface area contributed by atoms with Crippen LogP contribution in [-0.2, 0) is 22.4 Å². The zero-order chi connectivity index (χ0) is 21.1. The number of carbonyl (C=O) groups is 2. The van der Waals surface area contributed by atoms with Crippen LogP contribution >= 0.6 is 11.3 Å². The molecule has 1 aliphatic heterocycles. The van der Waals surface area contributed by atoms with Crippen molar-refractivity contribution in [3.05, 3.63) is 45.6 Å². The third-order valence-electron chi connectivity index (χ3n) is 5.79. The van der Waals surface area contributed by atoms with Crippen LogP contribution in [-0.4, -0.2) is 56.6 Å². The Labute approximate surface area is 181 Å². The van der Waals surface area contributed by atoms with E-state index in [0.717, 1.165) is 55.4 Å². The van der Waals surface area contributed by atoms with Gasteiger partial charge < -0.3 is 19.9 Å². The highest BCUT2D eigenvalue weighted by Crippen LogP contribution is 2.32. The van der Waals surface area contributed by atoms with E-state index in [9.17, 15) is 9.59 Å². The molecule has 2 heterocycles. The summed E-state index contributed by atoms with van der Waals surface area (Å²) >= 11 is 1.58. The van der Waals surface area contributed by atoms with Crippen LogP contribution in [0.25, 0.3) is 0 Å². The lowest BCUT2D eigenvalue weighted by Gasteiger charge is -2.28. The number of hydrogen-bond acceptors (Lipinski definition) is 5. The summed E-state index contributed by atoms with van der Waals surface area (Å²) in [6.45, 7) is 5.53. The first-order valence-corrected chi connectivity index (χ1v) is 11.4. The summed E-state index contributed by atoms with van der Waals surface area (Å²) in [5.41, 5.74) is 3.17. The van der Waals surface area contributed by atoms with Crippen molar-refractivity contribution in [2.45, 2.75) is 26.2 Å². The van der Waals surface area contributed by atoms with Gasteiger partial charge in [0, 0.05) is 36.4 Å². The molecular weight excluding hydrogens is 398 g/mol. The van der Waals surface area contributed by atoms with Gasteiger partial charge in [-0.2, -0.15) is 0 Å². The van der Waals surface area contributed by atoms with E-state index in [2.05, 4.69) is 17.1 Å². The van der Waals surface area contributed by atoms with Crippen LogP contribution in [0.15, 0.2) is 30.3 Å². The maximum atomic E-state index is 12.8. The van der Waals surface area contributed by atoms with E-state index in [-0.39, 0.29) is 18.4 Å². The standard InChI is InChI=1S/C23H29N3O3S/c1-16-3-8-20-17(13-16)14-21(30-20)23(28)25(2)15-22(27)24-18-4-6-19(7-5-18)26-9-11-29-12-10-26/h4-7,14,16H,3,8-13,15H2,1-2H3,(H,24,27)/t16-/m0/s1. The molecule has 4 rings (SSSR count). The lowest BCUT2D eigenvalue weighted by molar-refractivity contribution is -0.116. The van der Waals surface area contributed by atoms with Gasteiger partial charge >= 0.3 is 0 Å². The van der Waals surface area contributed by atoms with Crippen LogP contribution in [0.4, 0.5) is 11.4 Å². The predicted molar refractivity (Wildman–Crippen MR) is 121 cm³/mol. The number of thiophene rings is 1. The molecule has 0 radical (unpaired) electrons. The maximum Gasteiger partial charge on any atom is 0.264 e. The predicted octanol–water partition coefficient (Wildman–Crippen LogP) is 3.42. The molecule has 7 heteroatoms. The van der Waals surface area contributed by atoms with E-state index in [1.165, 1.54) is 21.8 Å². The second-order valence-electron chi connectivity index (χ2n) is 8.26. The molecule has 1 saturated heterocycles. The van der Waals surface area contributed by atoms with Crippen LogP contribution in [0, 0.1) is 5.92 Å². The minimum atomic E-state index is -0.195. The number of fused-ring (bicyclic) bond motifs is 1. The number of ether oxygens (including phenoxy) is 1. The van der Waals surface area contributed by atoms with Gasteiger partial charge in [-0.05, 0) is 61.1 Å². The third-order valence-corrected chi connectivity index (χ3v) is 7.02. The zero-order valence-electron chi connectivity index (χ0n) is 17.6. The first-order valence-electron chi connectivity index (χ1n) is 10.6. The number of nitrogens with zero attached hydrogens (tertiary/aromatic N) is 2. The van der Waals surface area contributed by atoms with Gasteiger partial charge in [0.25, 0.3) is 5.91 Å². The van der Waals surface area contributed by atoms with Crippen LogP contribution in [0.1, 0.15) is 33.5 Å². The average molecular weight is 428 g/mol. The monoisotopic (exact) mass is 427 g/mol. The van der Waals surface area contributed by atoms with Crippen LogP contribution in [0.5, 0.6) is 0 Å². The van der Waals surface area contributed by atoms with Gasteiger partial charge in [-0.1, -0.05) is 6.92 Å². The number of rotatable bonds is 5. The molecule has 1 atom stereocenters. The zero-order valence-corrected chi connectivity index (χ0v) is 18.5. The molecule has 1 aliphatic carbocycles. The van der Waals surface area contributed by atoms with Crippen molar-refractivity contribution in [2.24, 2.45) is 5.92 Å². The largest absolute Gasteiger partial charge is 0.378 e. The summed E-state index contributed by atoms with van der Waals surface area (Å²) < 4.78 is 5.38. The Morgan fingerprint density at radius 1 is 1.23 bits per heavy atom. The van der Waals surface area contributed by atoms with Gasteiger partial charge in [-0.25, -0.2) is 0 Å². The van der Waals surface area contributed by atoms with Gasteiger partial charge in [0.1, 0.15) is 0 Å². The van der Waals surface area contributed by atoms with Gasteiger partial charge in [0.05, 0.1) is 24.6 Å². The summed E-state index contributed by atoms with van der Waals surface area (Å²) in [4.78, 5) is 31.1. The molecule has 2 aromatic rings. The van der Waals surface area contributed by atoms with E-state index in [1.54, 1.807) is 18.4 Å². The minimum Gasteiger partial charge on any atom is -0.378 e. The average Bonchev–Trinajstić information content (AvgIpc) is 3.17. The van der Waals surface area contributed by atoms with E-state index in [1.807, 2.05) is 30.3 Å². The Hall–Kier alpha value is -2.38. The fraction of sp³-hybridized carbons (Fsp3) is 0.478. The Morgan fingerprint density at radius 3 is 2.70 bits per heavy atom. The van der Waals surface area contributed by atoms with Gasteiger partial charge in [-0.15, -0.1) is 11.3 Å². The molecule has 1 aromatic heterocycles. The molecule has 0 spiro atoms. The maximum absolute atomic E-state index is 12.8. The Morgan fingerprint density at radius 2 is 1.97 bits per heavy atom. The number of morpholine rings is 1. The van der Waals surface area contributed by atoms with Gasteiger partial charge in [0.2, 0.25) is 5.91 Å². The van der Waals surface area contributed by atoms with Crippen molar-refractivity contribution in [1.29, 1.82) is 0 Å². The number of aryl methyl sites for hydroxylation is 1. The highest BCUT2D eigenvalue weighted by Gasteiger charge is 2.23. The fourth-order valence-corrected chi connectivity index (χ4v) is 5.27. The van der Waals surface area contributed by atoms with Crippen molar-refractivity contribution >= 4 is 34.5 Å². The lowest BCUT2D eigenvalue weighted by atomic mass is 9.90. The van der Waals surface area contributed by atoms with Gasteiger partial charge in [0.15, 0.2) is 0 Å². The normalized spacial score (nSPS) is 18.6. The molecule has 30 heavy (non-hydrogen) atoms. The van der Waals surface area contributed by atoms with Crippen molar-refractivity contribution in [2.75, 3.05) is 50.1 Å². The molecule has 2 amide bonds. The van der Waals surface area contributed by atoms with Crippen molar-refractivity contribution in [3.8, 4) is 0 Å².